The molecule has 13 atom stereocenters. The Hall–Kier alpha value is -5.34. The fraction of sp³-hybridized carbons (Fsp3) is 0.521. The van der Waals surface area contributed by atoms with Crippen molar-refractivity contribution in [1.82, 2.24) is 16.0 Å². The summed E-state index contributed by atoms with van der Waals surface area (Å²) in [6.45, 7) is 5.14. The van der Waals surface area contributed by atoms with Crippen molar-refractivity contribution in [2.24, 2.45) is 22.7 Å². The Bertz CT molecular complexity index is 2400. The molecule has 4 amide bonds. The first-order valence-corrected chi connectivity index (χ1v) is 22.8. The van der Waals surface area contributed by atoms with E-state index in [1.807, 2.05) is 18.2 Å². The number of amides is 4. The number of aliphatic carboxylic acids is 1. The fourth-order valence-corrected chi connectivity index (χ4v) is 11.5. The van der Waals surface area contributed by atoms with E-state index in [-0.39, 0.29) is 37.8 Å². The van der Waals surface area contributed by atoms with Gasteiger partial charge in [-0.3, -0.25) is 33.6 Å². The minimum absolute atomic E-state index is 0.00701. The Labute approximate surface area is 391 Å². The van der Waals surface area contributed by atoms with E-state index in [2.05, 4.69) is 33.9 Å². The molecule has 19 heteroatoms. The lowest BCUT2D eigenvalue weighted by atomic mass is 9.44. The van der Waals surface area contributed by atoms with Gasteiger partial charge >= 0.3 is 5.97 Å². The SMILES string of the molecule is C[C@H](NC(=O)CCNC(=O)C(S)CC(=O)O)C(=O)N[C@@H](C)C(=O)Nc1cccc(Cc2ccc([C@@H]3O[C@@H]4C[C@H]5[C@@H]6C[C@H](F)C7=CC(=O)C=C[C@]7(C)[C@@]6(F)[C@@H](O)C[C@]5(C)[C@]4(C(=O)CO)O3)cc2)c1. The molecule has 2 aromatic carbocycles. The van der Waals surface area contributed by atoms with Crippen LogP contribution in [0.1, 0.15) is 82.8 Å². The number of alkyl halides is 2. The number of aliphatic hydroxyl groups is 2. The summed E-state index contributed by atoms with van der Waals surface area (Å²) in [5.74, 6) is -6.41. The standard InChI is InChI=1S/C48H56F2N4O12S/c1-24(52-39(59)13-15-51-43(64)35(67)21-40(60)61)41(62)53-25(2)42(63)54-29-7-5-6-27(17-29)16-26-8-10-28(11-9-26)44-65-38-20-31-32-19-34(49)33-18-30(56)12-14-45(33,3)47(32,50)36(57)22-46(31,4)48(38,66-44)37(58)23-55/h5-12,14,17-18,24-25,31-32,34-36,38,44,55,57,67H,13,15-16,19-23H2,1-4H3,(H,51,64)(H,52,59)(H,53,62)(H,54,63)(H,60,61)/t24-,25-,31-,32-,34-,35?,36-,38+,44+,45-,46-,47-,48+/m0/s1. The van der Waals surface area contributed by atoms with Gasteiger partial charge < -0.3 is 46.1 Å². The summed E-state index contributed by atoms with van der Waals surface area (Å²) < 4.78 is 46.8. The van der Waals surface area contributed by atoms with Crippen molar-refractivity contribution in [2.45, 2.75) is 119 Å². The van der Waals surface area contributed by atoms with Crippen molar-refractivity contribution < 1.29 is 67.1 Å². The van der Waals surface area contributed by atoms with Gasteiger partial charge in [0.15, 0.2) is 29.1 Å². The normalized spacial score (nSPS) is 32.8. The summed E-state index contributed by atoms with van der Waals surface area (Å²) in [7, 11) is 0. The van der Waals surface area contributed by atoms with Crippen LogP contribution in [0.25, 0.3) is 0 Å². The second-order valence-corrected chi connectivity index (χ2v) is 19.4. The van der Waals surface area contributed by atoms with Crippen LogP contribution in [0.15, 0.2) is 72.3 Å². The molecule has 7 N–H and O–H groups in total. The second-order valence-electron chi connectivity index (χ2n) is 18.8. The molecule has 16 nitrogen and oxygen atoms in total. The number of allylic oxidation sites excluding steroid dienone is 4. The maximum absolute atomic E-state index is 17.7. The van der Waals surface area contributed by atoms with Crippen molar-refractivity contribution in [2.75, 3.05) is 18.5 Å². The lowest BCUT2D eigenvalue weighted by Crippen LogP contribution is -2.70. The highest BCUT2D eigenvalue weighted by Gasteiger charge is 2.80. The number of carbonyl (C=O) groups is 7. The van der Waals surface area contributed by atoms with Gasteiger partial charge in [0.05, 0.1) is 23.9 Å². The van der Waals surface area contributed by atoms with Crippen LogP contribution in [0.5, 0.6) is 0 Å². The number of Topliss-reactive ketones (excluding diaryl/α,β-unsaturated/α-hetero) is 1. The van der Waals surface area contributed by atoms with Gasteiger partial charge in [-0.25, -0.2) is 8.78 Å². The molecule has 0 radical (unpaired) electrons. The maximum Gasteiger partial charge on any atom is 0.304 e. The van der Waals surface area contributed by atoms with Gasteiger partial charge in [-0.15, -0.1) is 0 Å². The van der Waals surface area contributed by atoms with Crippen LogP contribution in [-0.4, -0.2) is 117 Å². The number of rotatable bonds is 16. The summed E-state index contributed by atoms with van der Waals surface area (Å²) in [5.41, 5.74) is -4.27. The van der Waals surface area contributed by atoms with Crippen LogP contribution in [0.4, 0.5) is 14.5 Å². The fourth-order valence-electron chi connectivity index (χ4n) is 11.2. The van der Waals surface area contributed by atoms with Crippen molar-refractivity contribution in [1.29, 1.82) is 0 Å². The number of anilines is 1. The molecule has 1 aliphatic heterocycles. The van der Waals surface area contributed by atoms with E-state index in [0.29, 0.717) is 17.7 Å². The van der Waals surface area contributed by atoms with E-state index >= 15 is 8.78 Å². The number of aliphatic hydroxyl groups excluding tert-OH is 2. The number of ether oxygens (including phenoxy) is 2. The number of fused-ring (bicyclic) bond motifs is 7. The zero-order valence-corrected chi connectivity index (χ0v) is 38.3. The monoisotopic (exact) mass is 950 g/mol. The molecule has 67 heavy (non-hydrogen) atoms. The van der Waals surface area contributed by atoms with Gasteiger partial charge in [-0.2, -0.15) is 12.6 Å². The Morgan fingerprint density at radius 3 is 2.33 bits per heavy atom. The van der Waals surface area contributed by atoms with E-state index in [4.69, 9.17) is 14.6 Å². The summed E-state index contributed by atoms with van der Waals surface area (Å²) in [6, 6.07) is 12.3. The molecule has 0 spiro atoms. The third-order valence-electron chi connectivity index (χ3n) is 14.6. The molecule has 0 aromatic heterocycles. The first-order chi connectivity index (χ1) is 31.6. The average molecular weight is 951 g/mol. The number of thiol groups is 1. The molecule has 4 aliphatic carbocycles. The number of hydrogen-bond donors (Lipinski definition) is 8. The Balaban J connectivity index is 0.947. The van der Waals surface area contributed by atoms with Crippen molar-refractivity contribution in [3.63, 3.8) is 0 Å². The molecule has 0 bridgehead atoms. The van der Waals surface area contributed by atoms with E-state index in [1.165, 1.54) is 32.9 Å². The molecule has 1 saturated heterocycles. The number of nitrogens with one attached hydrogen (secondary N) is 4. The molecule has 3 saturated carbocycles. The predicted octanol–water partition coefficient (Wildman–Crippen LogP) is 3.15. The van der Waals surface area contributed by atoms with Crippen LogP contribution >= 0.6 is 12.6 Å². The Morgan fingerprint density at radius 2 is 1.64 bits per heavy atom. The zero-order chi connectivity index (χ0) is 48.8. The number of carboxylic acid groups (broad SMARTS) is 1. The molecular formula is C48H56F2N4O12S. The molecule has 7 rings (SSSR count). The number of carboxylic acids is 1. The van der Waals surface area contributed by atoms with Crippen LogP contribution in [0.2, 0.25) is 0 Å². The van der Waals surface area contributed by atoms with Crippen molar-refractivity contribution in [3.8, 4) is 0 Å². The van der Waals surface area contributed by atoms with Gasteiger partial charge in [-0.1, -0.05) is 49.4 Å². The Kier molecular flexibility index (Phi) is 14.0. The van der Waals surface area contributed by atoms with Gasteiger partial charge in [0, 0.05) is 41.0 Å². The van der Waals surface area contributed by atoms with E-state index in [1.54, 1.807) is 37.3 Å². The van der Waals surface area contributed by atoms with Gasteiger partial charge in [0.1, 0.15) is 24.9 Å². The van der Waals surface area contributed by atoms with Crippen molar-refractivity contribution in [3.05, 3.63) is 89.0 Å². The lowest BCUT2D eigenvalue weighted by molar-refractivity contribution is -0.235. The van der Waals surface area contributed by atoms with Gasteiger partial charge in [0.2, 0.25) is 23.6 Å². The third-order valence-corrected chi connectivity index (χ3v) is 15.0. The summed E-state index contributed by atoms with van der Waals surface area (Å²) in [4.78, 5) is 87.0. The maximum atomic E-state index is 17.7. The number of carbonyl (C=O) groups excluding carboxylic acids is 6. The molecule has 2 aromatic rings. The smallest absolute Gasteiger partial charge is 0.304 e. The lowest BCUT2D eigenvalue weighted by Gasteiger charge is -2.63. The quantitative estimate of drug-likeness (QED) is 0.113. The van der Waals surface area contributed by atoms with E-state index in [9.17, 15) is 43.8 Å². The average Bonchev–Trinajstić information content (AvgIpc) is 3.78. The highest BCUT2D eigenvalue weighted by atomic mass is 32.1. The molecule has 360 valence electrons. The largest absolute Gasteiger partial charge is 0.481 e. The predicted molar refractivity (Wildman–Crippen MR) is 240 cm³/mol. The first-order valence-electron chi connectivity index (χ1n) is 22.3. The Morgan fingerprint density at radius 1 is 0.940 bits per heavy atom. The highest BCUT2D eigenvalue weighted by Crippen LogP contribution is 2.72. The molecular weight excluding hydrogens is 895 g/mol. The first kappa shape index (κ1) is 49.6. The molecule has 1 unspecified atom stereocenters. The van der Waals surface area contributed by atoms with Crippen LogP contribution < -0.4 is 21.3 Å². The number of ketones is 2. The summed E-state index contributed by atoms with van der Waals surface area (Å²) in [5, 5.41) is 40.0. The van der Waals surface area contributed by atoms with Gasteiger partial charge in [-0.05, 0) is 93.4 Å². The van der Waals surface area contributed by atoms with Crippen LogP contribution in [0, 0.1) is 22.7 Å². The third kappa shape index (κ3) is 8.96. The minimum atomic E-state index is -2.36. The second kappa shape index (κ2) is 19.0. The van der Waals surface area contributed by atoms with E-state index < -0.39 is 130 Å². The van der Waals surface area contributed by atoms with Crippen LogP contribution in [-0.2, 0) is 49.5 Å². The minimum Gasteiger partial charge on any atom is -0.481 e. The molecule has 5 aliphatic rings. The highest BCUT2D eigenvalue weighted by molar-refractivity contribution is 7.81. The molecule has 1 heterocycles. The summed E-state index contributed by atoms with van der Waals surface area (Å²) in [6.07, 6.45) is -2.31. The number of halogens is 2. The molecule has 4 fully saturated rings. The van der Waals surface area contributed by atoms with Gasteiger partial charge in [0.25, 0.3) is 0 Å². The number of hydrogen-bond acceptors (Lipinski definition) is 12. The summed E-state index contributed by atoms with van der Waals surface area (Å²) >= 11 is 3.92. The van der Waals surface area contributed by atoms with E-state index in [0.717, 1.165) is 17.2 Å². The number of benzene rings is 2. The topological polar surface area (TPSA) is 247 Å². The van der Waals surface area contributed by atoms with Crippen molar-refractivity contribution >= 4 is 59.5 Å². The van der Waals surface area contributed by atoms with Crippen LogP contribution in [0.3, 0.4) is 0 Å². The zero-order valence-electron chi connectivity index (χ0n) is 37.4.